The van der Waals surface area contributed by atoms with E-state index < -0.39 is 0 Å². The minimum absolute atomic E-state index is 0.105. The minimum atomic E-state index is -0.105. The highest BCUT2D eigenvalue weighted by atomic mass is 79.9. The van der Waals surface area contributed by atoms with Crippen molar-refractivity contribution in [3.05, 3.63) is 57.7 Å². The number of nitrogens with zero attached hydrogens (tertiary/aromatic N) is 1. The molecule has 1 amide bonds. The number of hydrogen-bond acceptors (Lipinski definition) is 2. The average Bonchev–Trinajstić information content (AvgIpc) is 2.65. The van der Waals surface area contributed by atoms with Crippen LogP contribution in [-0.4, -0.2) is 10.9 Å². The van der Waals surface area contributed by atoms with Crippen molar-refractivity contribution in [2.75, 3.05) is 5.32 Å². The fourth-order valence-corrected chi connectivity index (χ4v) is 2.80. The summed E-state index contributed by atoms with van der Waals surface area (Å²) >= 11 is 3.47. The third-order valence-electron chi connectivity index (χ3n) is 2.95. The van der Waals surface area contributed by atoms with E-state index in [1.54, 1.807) is 6.20 Å². The Labute approximate surface area is 119 Å². The fraction of sp³-hybridized carbons (Fsp3) is 0.0667. The molecule has 4 heteroatoms. The third kappa shape index (κ3) is 2.31. The molecule has 2 aromatic rings. The molecule has 3 nitrogen and oxygen atoms in total. The molecule has 1 aliphatic rings. The number of carbonyl (C=O) groups excluding carboxylic acids is 1. The summed E-state index contributed by atoms with van der Waals surface area (Å²) in [4.78, 5) is 16.1. The smallest absolute Gasteiger partial charge is 0.257 e. The Morgan fingerprint density at radius 3 is 2.95 bits per heavy atom. The molecule has 19 heavy (non-hydrogen) atoms. The van der Waals surface area contributed by atoms with Crippen molar-refractivity contribution < 1.29 is 4.79 Å². The van der Waals surface area contributed by atoms with Crippen LogP contribution in [0.1, 0.15) is 16.7 Å². The van der Waals surface area contributed by atoms with Crippen molar-refractivity contribution >= 4 is 39.3 Å². The van der Waals surface area contributed by atoms with E-state index in [-0.39, 0.29) is 5.91 Å². The number of amides is 1. The van der Waals surface area contributed by atoms with Crippen LogP contribution < -0.4 is 5.32 Å². The van der Waals surface area contributed by atoms with Crippen LogP contribution in [0.25, 0.3) is 11.6 Å². The molecule has 94 valence electrons. The van der Waals surface area contributed by atoms with Crippen LogP contribution in [0, 0.1) is 6.92 Å². The first-order valence-corrected chi connectivity index (χ1v) is 6.68. The van der Waals surface area contributed by atoms with Crippen LogP contribution in [-0.2, 0) is 4.79 Å². The average molecular weight is 315 g/mol. The van der Waals surface area contributed by atoms with E-state index in [1.807, 2.05) is 43.3 Å². The Hall–Kier alpha value is -1.94. The summed E-state index contributed by atoms with van der Waals surface area (Å²) in [6, 6.07) is 9.79. The van der Waals surface area contributed by atoms with Gasteiger partial charge in [0.1, 0.15) is 5.82 Å². The molecule has 3 rings (SSSR count). The van der Waals surface area contributed by atoms with Crippen molar-refractivity contribution in [2.45, 2.75) is 6.92 Å². The molecule has 0 aliphatic carbocycles. The van der Waals surface area contributed by atoms with Gasteiger partial charge in [0.15, 0.2) is 0 Å². The lowest BCUT2D eigenvalue weighted by molar-refractivity contribution is -0.110. The molecule has 0 atom stereocenters. The van der Waals surface area contributed by atoms with Gasteiger partial charge in [0.2, 0.25) is 0 Å². The lowest BCUT2D eigenvalue weighted by Gasteiger charge is -2.01. The number of fused-ring (bicyclic) bond motifs is 1. The summed E-state index contributed by atoms with van der Waals surface area (Å²) in [6.45, 7) is 2.02. The van der Waals surface area contributed by atoms with Gasteiger partial charge in [-0.15, -0.1) is 0 Å². The van der Waals surface area contributed by atoms with Gasteiger partial charge in [-0.25, -0.2) is 4.98 Å². The Bertz CT molecular complexity index is 687. The van der Waals surface area contributed by atoms with Crippen molar-refractivity contribution in [2.24, 2.45) is 0 Å². The van der Waals surface area contributed by atoms with Crippen LogP contribution in [0.5, 0.6) is 0 Å². The molecule has 1 N–H and O–H groups in total. The number of aromatic nitrogens is 1. The Balaban J connectivity index is 2.11. The Morgan fingerprint density at radius 2 is 2.16 bits per heavy atom. The van der Waals surface area contributed by atoms with E-state index in [0.717, 1.165) is 21.2 Å². The van der Waals surface area contributed by atoms with E-state index in [9.17, 15) is 4.79 Å². The largest absolute Gasteiger partial charge is 0.306 e. The van der Waals surface area contributed by atoms with Crippen LogP contribution in [0.3, 0.4) is 0 Å². The predicted molar refractivity (Wildman–Crippen MR) is 79.6 cm³/mol. The van der Waals surface area contributed by atoms with Crippen LogP contribution in [0.15, 0.2) is 41.0 Å². The molecule has 1 aliphatic heterocycles. The van der Waals surface area contributed by atoms with Gasteiger partial charge in [-0.3, -0.25) is 4.79 Å². The standard InChI is InChI=1S/C15H11BrN2O/c1-9-5-10(7-11(16)6-9)8-13-12-3-2-4-17-14(12)18-15(13)19/h2-8H,1H3,(H,17,18,19). The van der Waals surface area contributed by atoms with Gasteiger partial charge in [0, 0.05) is 16.2 Å². The van der Waals surface area contributed by atoms with Gasteiger partial charge >= 0.3 is 0 Å². The van der Waals surface area contributed by atoms with E-state index in [4.69, 9.17) is 0 Å². The maximum absolute atomic E-state index is 12.0. The molecule has 1 aromatic carbocycles. The third-order valence-corrected chi connectivity index (χ3v) is 3.41. The number of hydrogen-bond donors (Lipinski definition) is 1. The lowest BCUT2D eigenvalue weighted by Crippen LogP contribution is -2.04. The summed E-state index contributed by atoms with van der Waals surface area (Å²) in [6.07, 6.45) is 3.56. The Morgan fingerprint density at radius 1 is 1.32 bits per heavy atom. The van der Waals surface area contributed by atoms with Gasteiger partial charge in [-0.05, 0) is 48.4 Å². The normalized spacial score (nSPS) is 15.5. The second-order valence-corrected chi connectivity index (χ2v) is 5.39. The topological polar surface area (TPSA) is 42.0 Å². The summed E-state index contributed by atoms with van der Waals surface area (Å²) in [5.74, 6) is 0.525. The molecule has 0 unspecified atom stereocenters. The van der Waals surface area contributed by atoms with Crippen molar-refractivity contribution in [1.29, 1.82) is 0 Å². The van der Waals surface area contributed by atoms with Gasteiger partial charge < -0.3 is 5.32 Å². The van der Waals surface area contributed by atoms with Gasteiger partial charge in [-0.1, -0.05) is 22.0 Å². The predicted octanol–water partition coefficient (Wildman–Crippen LogP) is 3.65. The van der Waals surface area contributed by atoms with Gasteiger partial charge in [0.25, 0.3) is 5.91 Å². The van der Waals surface area contributed by atoms with Gasteiger partial charge in [0.05, 0.1) is 5.57 Å². The number of carbonyl (C=O) groups is 1. The molecule has 0 saturated heterocycles. The van der Waals surface area contributed by atoms with E-state index in [2.05, 4.69) is 26.2 Å². The molecule has 1 aromatic heterocycles. The van der Waals surface area contributed by atoms with Crippen LogP contribution >= 0.6 is 15.9 Å². The van der Waals surface area contributed by atoms with Crippen molar-refractivity contribution in [3.8, 4) is 0 Å². The summed E-state index contributed by atoms with van der Waals surface area (Å²) in [7, 11) is 0. The summed E-state index contributed by atoms with van der Waals surface area (Å²) in [5.41, 5.74) is 3.64. The zero-order valence-corrected chi connectivity index (χ0v) is 11.9. The van der Waals surface area contributed by atoms with E-state index in [0.29, 0.717) is 11.4 Å². The van der Waals surface area contributed by atoms with Crippen molar-refractivity contribution in [1.82, 2.24) is 4.98 Å². The second-order valence-electron chi connectivity index (χ2n) is 4.47. The highest BCUT2D eigenvalue weighted by Crippen LogP contribution is 2.31. The lowest BCUT2D eigenvalue weighted by atomic mass is 10.0. The summed E-state index contributed by atoms with van der Waals surface area (Å²) < 4.78 is 1.00. The first kappa shape index (κ1) is 12.1. The molecule has 2 heterocycles. The number of benzene rings is 1. The fourth-order valence-electron chi connectivity index (χ4n) is 2.18. The first-order chi connectivity index (χ1) is 9.13. The molecule has 0 bridgehead atoms. The second kappa shape index (κ2) is 4.63. The SMILES string of the molecule is Cc1cc(Br)cc(C=C2C(=O)Nc3ncccc32)c1. The number of nitrogens with one attached hydrogen (secondary N) is 1. The zero-order valence-electron chi connectivity index (χ0n) is 10.3. The Kier molecular flexibility index (Phi) is 2.95. The van der Waals surface area contributed by atoms with E-state index >= 15 is 0 Å². The monoisotopic (exact) mass is 314 g/mol. The van der Waals surface area contributed by atoms with Crippen LogP contribution in [0.4, 0.5) is 5.82 Å². The van der Waals surface area contributed by atoms with Crippen LogP contribution in [0.2, 0.25) is 0 Å². The van der Waals surface area contributed by atoms with Gasteiger partial charge in [-0.2, -0.15) is 0 Å². The number of anilines is 1. The number of pyridine rings is 1. The highest BCUT2D eigenvalue weighted by molar-refractivity contribution is 9.10. The zero-order chi connectivity index (χ0) is 13.4. The maximum atomic E-state index is 12.0. The molecule has 0 saturated carbocycles. The van der Waals surface area contributed by atoms with E-state index in [1.165, 1.54) is 0 Å². The number of aryl methyl sites for hydroxylation is 1. The molecule has 0 fully saturated rings. The minimum Gasteiger partial charge on any atom is -0.306 e. The maximum Gasteiger partial charge on any atom is 0.257 e. The highest BCUT2D eigenvalue weighted by Gasteiger charge is 2.24. The molecule has 0 spiro atoms. The summed E-state index contributed by atoms with van der Waals surface area (Å²) in [5, 5.41) is 2.77. The molecular weight excluding hydrogens is 304 g/mol. The quantitative estimate of drug-likeness (QED) is 0.816. The molecular formula is C15H11BrN2O. The molecule has 0 radical (unpaired) electrons. The van der Waals surface area contributed by atoms with Crippen molar-refractivity contribution in [3.63, 3.8) is 0 Å². The first-order valence-electron chi connectivity index (χ1n) is 5.89. The number of halogens is 1. The number of rotatable bonds is 1.